The number of nitrogens with zero attached hydrogens (tertiary/aromatic N) is 2. The van der Waals surface area contributed by atoms with E-state index in [1.807, 2.05) is 26.0 Å². The molecule has 1 atom stereocenters. The van der Waals surface area contributed by atoms with E-state index >= 15 is 0 Å². The van der Waals surface area contributed by atoms with Crippen LogP contribution in [0, 0.1) is 18.2 Å². The molecule has 1 aliphatic rings. The minimum absolute atomic E-state index is 0.135. The molecule has 5 nitrogen and oxygen atoms in total. The van der Waals surface area contributed by atoms with Gasteiger partial charge in [-0.1, -0.05) is 12.1 Å². The van der Waals surface area contributed by atoms with E-state index in [0.717, 1.165) is 11.3 Å². The van der Waals surface area contributed by atoms with Crippen molar-refractivity contribution in [3.63, 3.8) is 0 Å². The maximum absolute atomic E-state index is 9.18. The maximum Gasteiger partial charge on any atom is 0.219 e. The van der Waals surface area contributed by atoms with Crippen molar-refractivity contribution in [1.82, 2.24) is 4.98 Å². The summed E-state index contributed by atoms with van der Waals surface area (Å²) in [5.74, 6) is 0.580. The molecule has 0 bridgehead atoms. The summed E-state index contributed by atoms with van der Waals surface area (Å²) in [6.07, 6.45) is 3.31. The van der Waals surface area contributed by atoms with Gasteiger partial charge in [0.15, 0.2) is 0 Å². The first-order chi connectivity index (χ1) is 13.3. The lowest BCUT2D eigenvalue weighted by molar-refractivity contribution is 0.322. The zero-order valence-corrected chi connectivity index (χ0v) is 14.4. The summed E-state index contributed by atoms with van der Waals surface area (Å²) < 4.78 is 34.9. The van der Waals surface area contributed by atoms with Crippen molar-refractivity contribution >= 4 is 5.69 Å². The molecular weight excluding hydrogens is 314 g/mol. The van der Waals surface area contributed by atoms with Gasteiger partial charge in [0.05, 0.1) is 31.0 Å². The Balaban J connectivity index is 2.29. The number of ether oxygens (including phenoxy) is 2. The first-order valence-electron chi connectivity index (χ1n) is 9.49. The van der Waals surface area contributed by atoms with E-state index in [-0.39, 0.29) is 11.5 Å². The number of pyridine rings is 1. The molecule has 2 aromatic rings. The molecule has 1 N–H and O–H groups in total. The van der Waals surface area contributed by atoms with E-state index in [4.69, 9.17) is 13.6 Å². The number of aromatic nitrogens is 1. The molecule has 2 heterocycles. The largest absolute Gasteiger partial charge is 0.496 e. The molecule has 3 rings (SSSR count). The van der Waals surface area contributed by atoms with Crippen LogP contribution in [0.15, 0.2) is 36.2 Å². The second-order valence-corrected chi connectivity index (χ2v) is 5.72. The number of methoxy groups -OCH3 is 1. The molecule has 1 aliphatic heterocycles. The van der Waals surface area contributed by atoms with E-state index in [9.17, 15) is 5.26 Å². The summed E-state index contributed by atoms with van der Waals surface area (Å²) in [4.78, 5) is 4.29. The van der Waals surface area contributed by atoms with E-state index < -0.39 is 6.85 Å². The van der Waals surface area contributed by atoms with Gasteiger partial charge in [-0.15, -0.1) is 0 Å². The Hall–Kier alpha value is -3.00. The predicted octanol–water partition coefficient (Wildman–Crippen LogP) is 4.13. The van der Waals surface area contributed by atoms with Crippen LogP contribution >= 0.6 is 0 Å². The number of aryl methyl sites for hydroxylation is 1. The summed E-state index contributed by atoms with van der Waals surface area (Å²) >= 11 is 0. The summed E-state index contributed by atoms with van der Waals surface area (Å²) in [6, 6.07) is 7.30. The van der Waals surface area contributed by atoms with Gasteiger partial charge in [-0.25, -0.2) is 4.98 Å². The average Bonchev–Trinajstić information content (AvgIpc) is 2.66. The number of benzene rings is 1. The van der Waals surface area contributed by atoms with Crippen LogP contribution in [0.1, 0.15) is 46.1 Å². The lowest BCUT2D eigenvalue weighted by atomic mass is 9.85. The average molecular weight is 338 g/mol. The molecule has 128 valence electrons. The number of rotatable bonds is 4. The molecule has 0 aliphatic carbocycles. The van der Waals surface area contributed by atoms with Crippen LogP contribution < -0.4 is 14.8 Å². The molecule has 0 saturated carbocycles. The highest BCUT2D eigenvalue weighted by Crippen LogP contribution is 2.45. The third-order valence-electron chi connectivity index (χ3n) is 4.11. The summed E-state index contributed by atoms with van der Waals surface area (Å²) in [5.41, 5.74) is 3.35. The highest BCUT2D eigenvalue weighted by atomic mass is 16.5. The topological polar surface area (TPSA) is 67.2 Å². The number of anilines is 1. The van der Waals surface area contributed by atoms with Crippen molar-refractivity contribution in [2.45, 2.75) is 26.6 Å². The van der Waals surface area contributed by atoms with Crippen molar-refractivity contribution in [1.29, 1.82) is 5.26 Å². The van der Waals surface area contributed by atoms with Crippen LogP contribution in [0.5, 0.6) is 11.6 Å². The zero-order valence-electron chi connectivity index (χ0n) is 17.4. The predicted molar refractivity (Wildman–Crippen MR) is 97.1 cm³/mol. The minimum atomic E-state index is -2.33. The smallest absolute Gasteiger partial charge is 0.219 e. The van der Waals surface area contributed by atoms with Gasteiger partial charge in [0.2, 0.25) is 5.88 Å². The lowest BCUT2D eigenvalue weighted by Gasteiger charge is -2.28. The van der Waals surface area contributed by atoms with Gasteiger partial charge in [-0.2, -0.15) is 5.26 Å². The number of allylic oxidation sites excluding steroid dienone is 2. The monoisotopic (exact) mass is 338 g/mol. The van der Waals surface area contributed by atoms with Crippen molar-refractivity contribution in [2.24, 2.45) is 0 Å². The number of hydrogen-bond donors (Lipinski definition) is 1. The molecular formula is C20H21N3O2. The number of nitrogens with one attached hydrogen (secondary N) is 1. The van der Waals surface area contributed by atoms with Gasteiger partial charge >= 0.3 is 0 Å². The Morgan fingerprint density at radius 1 is 1.44 bits per heavy atom. The fourth-order valence-corrected chi connectivity index (χ4v) is 3.04. The second kappa shape index (κ2) is 6.86. The Labute approximate surface area is 152 Å². The van der Waals surface area contributed by atoms with Gasteiger partial charge in [-0.05, 0) is 38.4 Å². The second-order valence-electron chi connectivity index (χ2n) is 5.72. The molecule has 0 unspecified atom stereocenters. The number of nitriles is 1. The molecule has 25 heavy (non-hydrogen) atoms. The van der Waals surface area contributed by atoms with Gasteiger partial charge in [0.25, 0.3) is 0 Å². The number of hydrogen-bond acceptors (Lipinski definition) is 5. The third kappa shape index (κ3) is 3.03. The quantitative estimate of drug-likeness (QED) is 0.908. The summed E-state index contributed by atoms with van der Waals surface area (Å²) in [5, 5.41) is 12.4. The first-order valence-corrected chi connectivity index (χ1v) is 7.99. The highest BCUT2D eigenvalue weighted by molar-refractivity contribution is 5.70. The van der Waals surface area contributed by atoms with Crippen LogP contribution in [-0.2, 0) is 0 Å². The van der Waals surface area contributed by atoms with Crippen LogP contribution in [-0.4, -0.2) is 18.7 Å². The molecule has 5 heteroatoms. The van der Waals surface area contributed by atoms with Gasteiger partial charge in [0, 0.05) is 33.1 Å². The Morgan fingerprint density at radius 3 is 2.96 bits per heavy atom. The van der Waals surface area contributed by atoms with Gasteiger partial charge < -0.3 is 14.8 Å². The van der Waals surface area contributed by atoms with Crippen LogP contribution in [0.25, 0.3) is 0 Å². The SMILES string of the molecule is [2H]C([2H])([2H])c1cnc(OCC)c2c1NC(C)=C[C@H]2c1ccc(C#N)cc1OC. The molecule has 0 saturated heterocycles. The summed E-state index contributed by atoms with van der Waals surface area (Å²) in [7, 11) is 1.54. The Morgan fingerprint density at radius 2 is 2.28 bits per heavy atom. The number of fused-ring (bicyclic) bond motifs is 1. The molecule has 1 aromatic carbocycles. The summed E-state index contributed by atoms with van der Waals surface area (Å²) in [6.45, 7) is 1.79. The van der Waals surface area contributed by atoms with E-state index in [2.05, 4.69) is 16.4 Å². The van der Waals surface area contributed by atoms with E-state index in [1.54, 1.807) is 19.2 Å². The van der Waals surface area contributed by atoms with Crippen LogP contribution in [0.4, 0.5) is 5.69 Å². The van der Waals surface area contributed by atoms with Gasteiger partial charge in [-0.3, -0.25) is 0 Å². The fourth-order valence-electron chi connectivity index (χ4n) is 3.04. The molecule has 0 amide bonds. The lowest BCUT2D eigenvalue weighted by Crippen LogP contribution is -2.16. The third-order valence-corrected chi connectivity index (χ3v) is 4.11. The Bertz CT molecular complexity index is 978. The zero-order chi connectivity index (χ0) is 20.5. The molecule has 1 aromatic heterocycles. The van der Waals surface area contributed by atoms with Crippen molar-refractivity contribution in [3.05, 3.63) is 58.4 Å². The van der Waals surface area contributed by atoms with Crippen LogP contribution in [0.2, 0.25) is 0 Å². The van der Waals surface area contributed by atoms with Crippen molar-refractivity contribution in [3.8, 4) is 17.7 Å². The Kier molecular flexibility index (Phi) is 3.65. The molecule has 0 fully saturated rings. The fraction of sp³-hybridized carbons (Fsp3) is 0.300. The molecule has 0 radical (unpaired) electrons. The minimum Gasteiger partial charge on any atom is -0.496 e. The van der Waals surface area contributed by atoms with Gasteiger partial charge in [0.1, 0.15) is 5.75 Å². The normalized spacial score (nSPS) is 17.8. The maximum atomic E-state index is 9.18. The standard InChI is InChI=1S/C20H21N3O2/c1-5-25-20-18-16(8-13(3)23-19(18)12(2)11-22-20)15-7-6-14(10-21)9-17(15)24-4/h6-9,11,16,23H,5H2,1-4H3/t16-/m0/s1/i2D3. The molecule has 0 spiro atoms. The van der Waals surface area contributed by atoms with Crippen molar-refractivity contribution < 1.29 is 13.6 Å². The highest BCUT2D eigenvalue weighted by Gasteiger charge is 2.28. The van der Waals surface area contributed by atoms with E-state index in [0.29, 0.717) is 35.1 Å². The van der Waals surface area contributed by atoms with Crippen LogP contribution in [0.3, 0.4) is 0 Å². The van der Waals surface area contributed by atoms with Crippen molar-refractivity contribution in [2.75, 3.05) is 19.0 Å². The van der Waals surface area contributed by atoms with E-state index in [1.165, 1.54) is 6.20 Å². The first kappa shape index (κ1) is 13.3.